The van der Waals surface area contributed by atoms with E-state index in [-0.39, 0.29) is 11.9 Å². The van der Waals surface area contributed by atoms with Crippen molar-refractivity contribution in [2.75, 3.05) is 19.8 Å². The van der Waals surface area contributed by atoms with Gasteiger partial charge in [0, 0.05) is 18.3 Å². The summed E-state index contributed by atoms with van der Waals surface area (Å²) in [7, 11) is 0. The fourth-order valence-corrected chi connectivity index (χ4v) is 3.29. The zero-order valence-electron chi connectivity index (χ0n) is 12.8. The molecule has 1 N–H and O–H groups in total. The highest BCUT2D eigenvalue weighted by Crippen LogP contribution is 2.34. The molecule has 0 radical (unpaired) electrons. The number of piperidine rings is 1. The number of carbonyl (C=O) groups is 1. The summed E-state index contributed by atoms with van der Waals surface area (Å²) in [6.07, 6.45) is 4.84. The number of fused-ring (bicyclic) bond motifs is 1. The molecule has 1 saturated heterocycles. The molecule has 1 aromatic carbocycles. The van der Waals surface area contributed by atoms with Gasteiger partial charge in [-0.2, -0.15) is 5.10 Å². The Bertz CT molecular complexity index is 699. The van der Waals surface area contributed by atoms with Crippen molar-refractivity contribution >= 4 is 5.91 Å². The first kappa shape index (κ1) is 14.1. The Morgan fingerprint density at radius 2 is 2.04 bits per heavy atom. The van der Waals surface area contributed by atoms with Gasteiger partial charge in [0.05, 0.1) is 11.7 Å². The molecule has 0 unspecified atom stereocenters. The zero-order chi connectivity index (χ0) is 15.6. The largest absolute Gasteiger partial charge is 0.486 e. The number of hydrogen-bond acceptors (Lipinski definition) is 4. The molecule has 3 heterocycles. The molecule has 6 nitrogen and oxygen atoms in total. The Morgan fingerprint density at radius 3 is 2.87 bits per heavy atom. The van der Waals surface area contributed by atoms with Gasteiger partial charge in [-0.15, -0.1) is 0 Å². The van der Waals surface area contributed by atoms with Gasteiger partial charge in [0.15, 0.2) is 11.5 Å². The van der Waals surface area contributed by atoms with Crippen molar-refractivity contribution in [3.63, 3.8) is 0 Å². The minimum Gasteiger partial charge on any atom is -0.486 e. The zero-order valence-corrected chi connectivity index (χ0v) is 12.8. The number of nitrogens with zero attached hydrogens (tertiary/aromatic N) is 2. The number of nitrogens with one attached hydrogen (secondary N) is 1. The van der Waals surface area contributed by atoms with Crippen LogP contribution in [0.3, 0.4) is 0 Å². The molecule has 23 heavy (non-hydrogen) atoms. The lowest BCUT2D eigenvalue weighted by atomic mass is 9.98. The number of likely N-dealkylation sites (tertiary alicyclic amines) is 1. The van der Waals surface area contributed by atoms with E-state index in [9.17, 15) is 4.79 Å². The van der Waals surface area contributed by atoms with Crippen molar-refractivity contribution in [2.24, 2.45) is 0 Å². The number of ether oxygens (including phenoxy) is 2. The van der Waals surface area contributed by atoms with E-state index >= 15 is 0 Å². The van der Waals surface area contributed by atoms with Gasteiger partial charge >= 0.3 is 0 Å². The van der Waals surface area contributed by atoms with Crippen LogP contribution in [-0.4, -0.2) is 40.8 Å². The molecule has 6 heteroatoms. The summed E-state index contributed by atoms with van der Waals surface area (Å²) in [6, 6.07) is 7.42. The van der Waals surface area contributed by atoms with Crippen molar-refractivity contribution in [2.45, 2.75) is 25.3 Å². The molecule has 0 spiro atoms. The van der Waals surface area contributed by atoms with Crippen LogP contribution in [0.25, 0.3) is 0 Å². The van der Waals surface area contributed by atoms with Gasteiger partial charge in [-0.3, -0.25) is 9.89 Å². The lowest BCUT2D eigenvalue weighted by molar-refractivity contribution is 0.0605. The number of aromatic amines is 1. The third-order valence-corrected chi connectivity index (χ3v) is 4.43. The number of rotatable bonds is 2. The van der Waals surface area contributed by atoms with Gasteiger partial charge in [-0.1, -0.05) is 0 Å². The van der Waals surface area contributed by atoms with Crippen LogP contribution < -0.4 is 9.47 Å². The first-order chi connectivity index (χ1) is 11.3. The van der Waals surface area contributed by atoms with Crippen molar-refractivity contribution in [3.05, 3.63) is 41.7 Å². The highest BCUT2D eigenvalue weighted by atomic mass is 16.6. The number of amides is 1. The van der Waals surface area contributed by atoms with E-state index in [4.69, 9.17) is 9.47 Å². The number of hydrogen-bond donors (Lipinski definition) is 1. The summed E-state index contributed by atoms with van der Waals surface area (Å²) in [4.78, 5) is 14.9. The topological polar surface area (TPSA) is 67.5 Å². The molecule has 1 aromatic heterocycles. The van der Waals surface area contributed by atoms with Crippen molar-refractivity contribution in [1.82, 2.24) is 15.1 Å². The molecule has 4 rings (SSSR count). The van der Waals surface area contributed by atoms with E-state index in [1.807, 2.05) is 23.1 Å². The highest BCUT2D eigenvalue weighted by Gasteiger charge is 2.30. The number of benzene rings is 1. The molecule has 0 bridgehead atoms. The molecular formula is C17H19N3O3. The summed E-state index contributed by atoms with van der Waals surface area (Å²) < 4.78 is 11.1. The van der Waals surface area contributed by atoms with E-state index in [0.717, 1.165) is 31.5 Å². The molecule has 120 valence electrons. The van der Waals surface area contributed by atoms with Crippen molar-refractivity contribution in [1.29, 1.82) is 0 Å². The maximum atomic E-state index is 13.0. The Morgan fingerprint density at radius 1 is 1.17 bits per heavy atom. The Balaban J connectivity index is 1.62. The molecule has 1 fully saturated rings. The second-order valence-corrected chi connectivity index (χ2v) is 5.88. The standard InChI is InChI=1S/C17H19N3O3/c21-17(12-4-5-15-16(11-12)23-10-9-22-15)20-8-2-1-3-14(20)13-6-7-18-19-13/h4-7,11,14H,1-3,8-10H2,(H,18,19)/t14-/m1/s1. The normalized spacial score (nSPS) is 20.3. The van der Waals surface area contributed by atoms with Crippen LogP contribution in [0.1, 0.15) is 41.4 Å². The Hall–Kier alpha value is -2.50. The molecule has 2 aliphatic rings. The lowest BCUT2D eigenvalue weighted by Gasteiger charge is -2.35. The number of carbonyl (C=O) groups excluding carboxylic acids is 1. The molecule has 2 aromatic rings. The molecule has 2 aliphatic heterocycles. The van der Waals surface area contributed by atoms with Gasteiger partial charge in [0.25, 0.3) is 5.91 Å². The first-order valence-electron chi connectivity index (χ1n) is 8.03. The SMILES string of the molecule is O=C(c1ccc2c(c1)OCCO2)N1CCCC[C@@H]1c1ccn[nH]1. The summed E-state index contributed by atoms with van der Waals surface area (Å²) in [5, 5.41) is 7.03. The summed E-state index contributed by atoms with van der Waals surface area (Å²) in [5.74, 6) is 1.38. The third kappa shape index (κ3) is 2.65. The molecular weight excluding hydrogens is 294 g/mol. The number of H-pyrrole nitrogens is 1. The van der Waals surface area contributed by atoms with E-state index < -0.39 is 0 Å². The van der Waals surface area contributed by atoms with Gasteiger partial charge in [-0.25, -0.2) is 0 Å². The van der Waals surface area contributed by atoms with Crippen LogP contribution >= 0.6 is 0 Å². The van der Waals surface area contributed by atoms with Gasteiger partial charge in [0.1, 0.15) is 13.2 Å². The minimum atomic E-state index is 0.0290. The van der Waals surface area contributed by atoms with Crippen molar-refractivity contribution < 1.29 is 14.3 Å². The summed E-state index contributed by atoms with van der Waals surface area (Å²) in [5.41, 5.74) is 1.64. The predicted octanol–water partition coefficient (Wildman–Crippen LogP) is 2.55. The van der Waals surface area contributed by atoms with Crippen LogP contribution in [0.4, 0.5) is 0 Å². The smallest absolute Gasteiger partial charge is 0.254 e. The fraction of sp³-hybridized carbons (Fsp3) is 0.412. The molecule has 0 aliphatic carbocycles. The summed E-state index contributed by atoms with van der Waals surface area (Å²) in [6.45, 7) is 1.83. The fourth-order valence-electron chi connectivity index (χ4n) is 3.29. The number of aromatic nitrogens is 2. The Kier molecular flexibility index (Phi) is 3.65. The minimum absolute atomic E-state index is 0.0290. The van der Waals surface area contributed by atoms with E-state index in [1.165, 1.54) is 0 Å². The summed E-state index contributed by atoms with van der Waals surface area (Å²) >= 11 is 0. The van der Waals surface area contributed by atoms with Crippen LogP contribution in [0.5, 0.6) is 11.5 Å². The van der Waals surface area contributed by atoms with Gasteiger partial charge < -0.3 is 14.4 Å². The van der Waals surface area contributed by atoms with E-state index in [1.54, 1.807) is 12.3 Å². The molecule has 1 atom stereocenters. The van der Waals surface area contributed by atoms with Crippen LogP contribution in [-0.2, 0) is 0 Å². The second kappa shape index (κ2) is 5.95. The average molecular weight is 313 g/mol. The second-order valence-electron chi connectivity index (χ2n) is 5.88. The third-order valence-electron chi connectivity index (χ3n) is 4.43. The van der Waals surface area contributed by atoms with Crippen molar-refractivity contribution in [3.8, 4) is 11.5 Å². The maximum absolute atomic E-state index is 13.0. The lowest BCUT2D eigenvalue weighted by Crippen LogP contribution is -2.38. The average Bonchev–Trinajstić information content (AvgIpc) is 3.15. The first-order valence-corrected chi connectivity index (χ1v) is 8.03. The maximum Gasteiger partial charge on any atom is 0.254 e. The van der Waals surface area contributed by atoms with Gasteiger partial charge in [0.2, 0.25) is 0 Å². The molecule has 1 amide bonds. The highest BCUT2D eigenvalue weighted by molar-refractivity contribution is 5.95. The van der Waals surface area contributed by atoms with E-state index in [0.29, 0.717) is 30.3 Å². The Labute approximate surface area is 134 Å². The van der Waals surface area contributed by atoms with Crippen LogP contribution in [0, 0.1) is 0 Å². The quantitative estimate of drug-likeness (QED) is 0.925. The molecule has 0 saturated carbocycles. The predicted molar refractivity (Wildman–Crippen MR) is 83.6 cm³/mol. The van der Waals surface area contributed by atoms with Gasteiger partial charge in [-0.05, 0) is 43.5 Å². The monoisotopic (exact) mass is 313 g/mol. The van der Waals surface area contributed by atoms with E-state index in [2.05, 4.69) is 10.2 Å². The van der Waals surface area contributed by atoms with Crippen LogP contribution in [0.15, 0.2) is 30.5 Å². The van der Waals surface area contributed by atoms with Crippen LogP contribution in [0.2, 0.25) is 0 Å².